The molecular formula is C18H26N2. The van der Waals surface area contributed by atoms with Crippen LogP contribution in [0.4, 0.5) is 11.4 Å². The minimum atomic E-state index is 0.322. The molecule has 3 heterocycles. The van der Waals surface area contributed by atoms with Crippen molar-refractivity contribution < 1.29 is 0 Å². The molecule has 108 valence electrons. The van der Waals surface area contributed by atoms with Gasteiger partial charge in [-0.05, 0) is 47.3 Å². The predicted molar refractivity (Wildman–Crippen MR) is 86.0 cm³/mol. The second kappa shape index (κ2) is 3.52. The van der Waals surface area contributed by atoms with Crippen molar-refractivity contribution >= 4 is 11.4 Å². The lowest BCUT2D eigenvalue weighted by Crippen LogP contribution is -2.39. The Bertz CT molecular complexity index is 598. The summed E-state index contributed by atoms with van der Waals surface area (Å²) in [4.78, 5) is 5.26. The zero-order chi connectivity index (χ0) is 14.3. The zero-order valence-corrected chi connectivity index (χ0v) is 13.5. The summed E-state index contributed by atoms with van der Waals surface area (Å²) in [7, 11) is 0. The van der Waals surface area contributed by atoms with E-state index in [9.17, 15) is 0 Å². The molecule has 1 aromatic rings. The number of nitrogens with zero attached hydrogens (tertiary/aromatic N) is 2. The quantitative estimate of drug-likeness (QED) is 0.704. The Balaban J connectivity index is 2.07. The molecule has 3 aliphatic heterocycles. The number of benzene rings is 1. The van der Waals surface area contributed by atoms with Crippen LogP contribution in [0.1, 0.15) is 57.2 Å². The highest BCUT2D eigenvalue weighted by Gasteiger charge is 2.44. The van der Waals surface area contributed by atoms with Gasteiger partial charge in [0.1, 0.15) is 0 Å². The molecule has 0 saturated carbocycles. The van der Waals surface area contributed by atoms with Crippen molar-refractivity contribution in [2.75, 3.05) is 29.6 Å². The van der Waals surface area contributed by atoms with Gasteiger partial charge >= 0.3 is 0 Å². The molecule has 20 heavy (non-hydrogen) atoms. The van der Waals surface area contributed by atoms with Gasteiger partial charge in [-0.25, -0.2) is 0 Å². The van der Waals surface area contributed by atoms with Crippen molar-refractivity contribution in [3.8, 4) is 0 Å². The summed E-state index contributed by atoms with van der Waals surface area (Å²) < 4.78 is 0. The van der Waals surface area contributed by atoms with Crippen LogP contribution in [-0.4, -0.2) is 19.8 Å². The van der Waals surface area contributed by atoms with Crippen LogP contribution in [-0.2, 0) is 10.8 Å². The highest BCUT2D eigenvalue weighted by Crippen LogP contribution is 2.55. The maximum absolute atomic E-state index is 2.63. The fourth-order valence-electron chi connectivity index (χ4n) is 4.59. The number of rotatable bonds is 0. The van der Waals surface area contributed by atoms with Gasteiger partial charge in [0, 0.05) is 13.1 Å². The summed E-state index contributed by atoms with van der Waals surface area (Å²) in [6.07, 6.45) is 2.55. The van der Waals surface area contributed by atoms with Gasteiger partial charge in [-0.15, -0.1) is 0 Å². The molecule has 0 bridgehead atoms. The van der Waals surface area contributed by atoms with E-state index in [-0.39, 0.29) is 0 Å². The average molecular weight is 270 g/mol. The molecule has 2 nitrogen and oxygen atoms in total. The van der Waals surface area contributed by atoms with E-state index in [4.69, 9.17) is 0 Å². The van der Waals surface area contributed by atoms with Gasteiger partial charge in [0.25, 0.3) is 0 Å². The molecule has 0 N–H and O–H groups in total. The van der Waals surface area contributed by atoms with Crippen molar-refractivity contribution in [2.24, 2.45) is 0 Å². The van der Waals surface area contributed by atoms with Crippen LogP contribution < -0.4 is 9.80 Å². The summed E-state index contributed by atoms with van der Waals surface area (Å²) in [6.45, 7) is 15.5. The van der Waals surface area contributed by atoms with Crippen molar-refractivity contribution in [1.29, 1.82) is 0 Å². The summed E-state index contributed by atoms with van der Waals surface area (Å²) in [5, 5.41) is 0. The van der Waals surface area contributed by atoms with Gasteiger partial charge in [-0.1, -0.05) is 33.8 Å². The number of anilines is 2. The Kier molecular flexibility index (Phi) is 2.21. The van der Waals surface area contributed by atoms with Gasteiger partial charge in [-0.3, -0.25) is 0 Å². The van der Waals surface area contributed by atoms with Gasteiger partial charge in [0.2, 0.25) is 0 Å². The van der Waals surface area contributed by atoms with Crippen LogP contribution in [0.5, 0.6) is 0 Å². The van der Waals surface area contributed by atoms with E-state index in [1.165, 1.54) is 31.5 Å². The van der Waals surface area contributed by atoms with Gasteiger partial charge in [0.05, 0.1) is 18.0 Å². The summed E-state index contributed by atoms with van der Waals surface area (Å²) in [5.74, 6) is 0. The highest BCUT2D eigenvalue weighted by atomic mass is 15.4. The standard InChI is InChI=1S/C18H26N2/c1-12-10-13-15-16-14(12)18(4,5)7-9-20(16)11-19(15)8-6-17(13,2)3/h10H,6-9,11H2,1-5H3. The van der Waals surface area contributed by atoms with Crippen LogP contribution in [0.3, 0.4) is 0 Å². The van der Waals surface area contributed by atoms with Crippen molar-refractivity contribution in [3.05, 3.63) is 22.8 Å². The Hall–Kier alpha value is -1.18. The average Bonchev–Trinajstić information content (AvgIpc) is 2.71. The summed E-state index contributed by atoms with van der Waals surface area (Å²) in [5.41, 5.74) is 8.48. The summed E-state index contributed by atoms with van der Waals surface area (Å²) in [6, 6.07) is 2.50. The first-order valence-corrected chi connectivity index (χ1v) is 8.00. The van der Waals surface area contributed by atoms with Crippen molar-refractivity contribution in [2.45, 2.75) is 58.3 Å². The van der Waals surface area contributed by atoms with E-state index in [0.717, 1.165) is 6.67 Å². The number of aryl methyl sites for hydroxylation is 1. The molecule has 0 amide bonds. The molecule has 0 spiro atoms. The second-order valence-electron chi connectivity index (χ2n) is 8.25. The fraction of sp³-hybridized carbons (Fsp3) is 0.667. The first-order chi connectivity index (χ1) is 9.31. The molecular weight excluding hydrogens is 244 g/mol. The van der Waals surface area contributed by atoms with Gasteiger partial charge in [-0.2, -0.15) is 0 Å². The lowest BCUT2D eigenvalue weighted by Gasteiger charge is -2.41. The molecule has 0 saturated heterocycles. The third kappa shape index (κ3) is 1.40. The second-order valence-corrected chi connectivity index (χ2v) is 8.25. The number of hydrogen-bond donors (Lipinski definition) is 0. The van der Waals surface area contributed by atoms with Crippen LogP contribution in [0.15, 0.2) is 6.07 Å². The number of hydrogen-bond acceptors (Lipinski definition) is 2. The molecule has 3 aliphatic rings. The highest BCUT2D eigenvalue weighted by molar-refractivity contribution is 5.87. The lowest BCUT2D eigenvalue weighted by molar-refractivity contribution is 0.454. The monoisotopic (exact) mass is 270 g/mol. The topological polar surface area (TPSA) is 6.48 Å². The normalized spacial score (nSPS) is 24.9. The minimum absolute atomic E-state index is 0.322. The Labute approximate surface area is 122 Å². The fourth-order valence-corrected chi connectivity index (χ4v) is 4.59. The van der Waals surface area contributed by atoms with E-state index in [2.05, 4.69) is 50.5 Å². The van der Waals surface area contributed by atoms with Gasteiger partial charge in [0.15, 0.2) is 0 Å². The maximum atomic E-state index is 2.63. The third-order valence-corrected chi connectivity index (χ3v) is 5.86. The van der Waals surface area contributed by atoms with E-state index in [1.54, 1.807) is 22.5 Å². The van der Waals surface area contributed by atoms with E-state index >= 15 is 0 Å². The van der Waals surface area contributed by atoms with Crippen LogP contribution >= 0.6 is 0 Å². The largest absolute Gasteiger partial charge is 0.352 e. The molecule has 0 aliphatic carbocycles. The Morgan fingerprint density at radius 2 is 1.50 bits per heavy atom. The SMILES string of the molecule is Cc1cc2c3c4c1C(C)(C)CCN4CN3CCC2(C)C. The Morgan fingerprint density at radius 1 is 0.900 bits per heavy atom. The van der Waals surface area contributed by atoms with Crippen molar-refractivity contribution in [1.82, 2.24) is 0 Å². The zero-order valence-electron chi connectivity index (χ0n) is 13.5. The summed E-state index contributed by atoms with van der Waals surface area (Å²) >= 11 is 0. The van der Waals surface area contributed by atoms with Crippen LogP contribution in [0.2, 0.25) is 0 Å². The molecule has 0 fully saturated rings. The molecule has 2 heteroatoms. The van der Waals surface area contributed by atoms with E-state index in [0.29, 0.717) is 10.8 Å². The lowest BCUT2D eigenvalue weighted by atomic mass is 9.71. The molecule has 4 rings (SSSR count). The van der Waals surface area contributed by atoms with E-state index in [1.807, 2.05) is 0 Å². The first kappa shape index (κ1) is 12.6. The van der Waals surface area contributed by atoms with Crippen LogP contribution in [0, 0.1) is 6.92 Å². The first-order valence-electron chi connectivity index (χ1n) is 8.00. The Morgan fingerprint density at radius 3 is 2.20 bits per heavy atom. The van der Waals surface area contributed by atoms with Crippen molar-refractivity contribution in [3.63, 3.8) is 0 Å². The molecule has 0 radical (unpaired) electrons. The smallest absolute Gasteiger partial charge is 0.0904 e. The molecule has 0 unspecified atom stereocenters. The third-order valence-electron chi connectivity index (χ3n) is 5.86. The maximum Gasteiger partial charge on any atom is 0.0904 e. The molecule has 0 atom stereocenters. The van der Waals surface area contributed by atoms with Crippen LogP contribution in [0.25, 0.3) is 0 Å². The van der Waals surface area contributed by atoms with Gasteiger partial charge < -0.3 is 9.80 Å². The molecule has 1 aromatic carbocycles. The molecule has 0 aromatic heterocycles. The predicted octanol–water partition coefficient (Wildman–Crippen LogP) is 3.94. The minimum Gasteiger partial charge on any atom is -0.352 e. The van der Waals surface area contributed by atoms with E-state index < -0.39 is 0 Å².